The highest BCUT2D eigenvalue weighted by molar-refractivity contribution is 7.91. The van der Waals surface area contributed by atoms with E-state index in [1.807, 2.05) is 0 Å². The van der Waals surface area contributed by atoms with Crippen molar-refractivity contribution >= 4 is 50.8 Å². The molecule has 8 nitrogen and oxygen atoms in total. The third-order valence-electron chi connectivity index (χ3n) is 3.52. The summed E-state index contributed by atoms with van der Waals surface area (Å²) in [6, 6.07) is 4.26. The first kappa shape index (κ1) is 19.5. The molecule has 0 saturated carbocycles. The summed E-state index contributed by atoms with van der Waals surface area (Å²) in [7, 11) is -3.19. The monoisotopic (exact) mass is 407 g/mol. The molecule has 1 aliphatic rings. The van der Waals surface area contributed by atoms with E-state index in [0.717, 1.165) is 0 Å². The van der Waals surface area contributed by atoms with Gasteiger partial charge in [0.05, 0.1) is 34.0 Å². The second-order valence-corrected chi connectivity index (χ2v) is 8.49. The van der Waals surface area contributed by atoms with Crippen LogP contribution in [0.25, 0.3) is 0 Å². The van der Waals surface area contributed by atoms with E-state index in [9.17, 15) is 22.8 Å². The van der Waals surface area contributed by atoms with Gasteiger partial charge in [-0.3, -0.25) is 25.2 Å². The molecule has 1 fully saturated rings. The van der Waals surface area contributed by atoms with Gasteiger partial charge in [-0.05, 0) is 24.6 Å². The summed E-state index contributed by atoms with van der Waals surface area (Å²) in [6.45, 7) is -0.387. The molecule has 1 heterocycles. The zero-order valence-corrected chi connectivity index (χ0v) is 15.2. The van der Waals surface area contributed by atoms with Gasteiger partial charge in [-0.1, -0.05) is 23.2 Å². The molecule has 0 spiro atoms. The van der Waals surface area contributed by atoms with Gasteiger partial charge in [0.2, 0.25) is 5.91 Å². The topological polar surface area (TPSA) is 121 Å². The van der Waals surface area contributed by atoms with Gasteiger partial charge in [-0.25, -0.2) is 8.42 Å². The second kappa shape index (κ2) is 8.03. The van der Waals surface area contributed by atoms with Gasteiger partial charge in [0.25, 0.3) is 11.8 Å². The highest BCUT2D eigenvalue weighted by Gasteiger charge is 2.33. The lowest BCUT2D eigenvalue weighted by molar-refractivity contribution is -0.130. The van der Waals surface area contributed by atoms with E-state index < -0.39 is 33.5 Å². The van der Waals surface area contributed by atoms with Crippen molar-refractivity contribution in [3.05, 3.63) is 33.8 Å². The summed E-state index contributed by atoms with van der Waals surface area (Å²) in [5, 5.41) is 2.86. The highest BCUT2D eigenvalue weighted by atomic mass is 35.5. The Balaban J connectivity index is 1.76. The molecule has 0 aliphatic carbocycles. The molecule has 0 unspecified atom stereocenters. The van der Waals surface area contributed by atoms with Crippen molar-refractivity contribution in [2.45, 2.75) is 6.42 Å². The van der Waals surface area contributed by atoms with Gasteiger partial charge in [0.1, 0.15) is 0 Å². The van der Waals surface area contributed by atoms with Crippen LogP contribution in [0.5, 0.6) is 0 Å². The van der Waals surface area contributed by atoms with Crippen LogP contribution in [0, 0.1) is 5.92 Å². The quantitative estimate of drug-likeness (QED) is 0.619. The van der Waals surface area contributed by atoms with Crippen molar-refractivity contribution in [1.82, 2.24) is 16.2 Å². The molecule has 25 heavy (non-hydrogen) atoms. The molecule has 0 aromatic heterocycles. The van der Waals surface area contributed by atoms with Crippen LogP contribution >= 0.6 is 23.2 Å². The van der Waals surface area contributed by atoms with E-state index in [1.54, 1.807) is 0 Å². The fourth-order valence-electron chi connectivity index (χ4n) is 2.18. The van der Waals surface area contributed by atoms with Crippen LogP contribution in [0.3, 0.4) is 0 Å². The van der Waals surface area contributed by atoms with Gasteiger partial charge >= 0.3 is 0 Å². The van der Waals surface area contributed by atoms with Crippen LogP contribution in [-0.4, -0.2) is 44.2 Å². The van der Waals surface area contributed by atoms with E-state index in [4.69, 9.17) is 23.2 Å². The molecule has 1 atom stereocenters. The Kier molecular flexibility index (Phi) is 6.26. The van der Waals surface area contributed by atoms with Gasteiger partial charge in [0.15, 0.2) is 9.84 Å². The Morgan fingerprint density at radius 1 is 1.12 bits per heavy atom. The van der Waals surface area contributed by atoms with Gasteiger partial charge in [-0.2, -0.15) is 0 Å². The Hall–Kier alpha value is -1.84. The van der Waals surface area contributed by atoms with Crippen LogP contribution in [0.1, 0.15) is 16.8 Å². The van der Waals surface area contributed by atoms with Crippen molar-refractivity contribution in [3.8, 4) is 0 Å². The predicted octanol–water partition coefficient (Wildman–Crippen LogP) is 0.305. The number of benzene rings is 1. The van der Waals surface area contributed by atoms with E-state index in [0.29, 0.717) is 5.02 Å². The fraction of sp³-hybridized carbons (Fsp3) is 0.357. The number of halogens is 2. The molecular weight excluding hydrogens is 393 g/mol. The van der Waals surface area contributed by atoms with Gasteiger partial charge in [-0.15, -0.1) is 0 Å². The SMILES string of the molecule is O=C(CNC(=O)c1ccc(Cl)c(Cl)c1)NNC(=O)[C@H]1CCS(=O)(=O)C1. The predicted molar refractivity (Wildman–Crippen MR) is 91.8 cm³/mol. The number of hydrogen-bond acceptors (Lipinski definition) is 5. The first-order valence-electron chi connectivity index (χ1n) is 7.20. The fourth-order valence-corrected chi connectivity index (χ4v) is 4.22. The third kappa shape index (κ3) is 5.58. The Bertz CT molecular complexity index is 813. The maximum atomic E-state index is 11.9. The first-order chi connectivity index (χ1) is 11.7. The van der Waals surface area contributed by atoms with E-state index in [2.05, 4.69) is 16.2 Å². The van der Waals surface area contributed by atoms with Crippen LogP contribution in [-0.2, 0) is 19.4 Å². The lowest BCUT2D eigenvalue weighted by Gasteiger charge is -2.11. The van der Waals surface area contributed by atoms with Crippen molar-refractivity contribution in [2.24, 2.45) is 5.92 Å². The van der Waals surface area contributed by atoms with E-state index in [-0.39, 0.29) is 35.1 Å². The lowest BCUT2D eigenvalue weighted by atomic mass is 10.1. The van der Waals surface area contributed by atoms with Crippen LogP contribution < -0.4 is 16.2 Å². The first-order valence-corrected chi connectivity index (χ1v) is 9.78. The molecular formula is C14H15Cl2N3O5S. The maximum absolute atomic E-state index is 11.9. The number of hydrogen-bond donors (Lipinski definition) is 3. The number of sulfone groups is 1. The molecule has 3 N–H and O–H groups in total. The number of hydrazine groups is 1. The minimum absolute atomic E-state index is 0.0429. The van der Waals surface area contributed by atoms with Gasteiger partial charge < -0.3 is 5.32 Å². The average Bonchev–Trinajstić information content (AvgIpc) is 2.93. The number of nitrogens with one attached hydrogen (secondary N) is 3. The lowest BCUT2D eigenvalue weighted by Crippen LogP contribution is -2.48. The molecule has 1 saturated heterocycles. The highest BCUT2D eigenvalue weighted by Crippen LogP contribution is 2.22. The normalized spacial score (nSPS) is 18.4. The Morgan fingerprint density at radius 2 is 1.84 bits per heavy atom. The Labute approximate surface area is 154 Å². The summed E-state index contributed by atoms with van der Waals surface area (Å²) >= 11 is 11.6. The molecule has 0 bridgehead atoms. The van der Waals surface area contributed by atoms with Crippen LogP contribution in [0.4, 0.5) is 0 Å². The second-order valence-electron chi connectivity index (χ2n) is 5.45. The average molecular weight is 408 g/mol. The largest absolute Gasteiger partial charge is 0.343 e. The molecule has 3 amide bonds. The molecule has 1 aromatic carbocycles. The summed E-state index contributed by atoms with van der Waals surface area (Å²) in [5.74, 6) is -2.74. The van der Waals surface area contributed by atoms with Crippen molar-refractivity contribution in [1.29, 1.82) is 0 Å². The zero-order valence-electron chi connectivity index (χ0n) is 12.8. The summed E-state index contributed by atoms with van der Waals surface area (Å²) in [4.78, 5) is 35.3. The van der Waals surface area contributed by atoms with E-state index in [1.165, 1.54) is 18.2 Å². The van der Waals surface area contributed by atoms with Gasteiger partial charge in [0, 0.05) is 5.56 Å². The molecule has 0 radical (unpaired) electrons. The van der Waals surface area contributed by atoms with Crippen LogP contribution in [0.15, 0.2) is 18.2 Å². The molecule has 11 heteroatoms. The molecule has 1 aromatic rings. The van der Waals surface area contributed by atoms with Crippen LogP contribution in [0.2, 0.25) is 10.0 Å². The third-order valence-corrected chi connectivity index (χ3v) is 6.03. The number of carbonyl (C=O) groups is 3. The zero-order chi connectivity index (χ0) is 18.6. The maximum Gasteiger partial charge on any atom is 0.257 e. The summed E-state index contributed by atoms with van der Waals surface area (Å²) in [6.07, 6.45) is 0.220. The van der Waals surface area contributed by atoms with E-state index >= 15 is 0 Å². The molecule has 136 valence electrons. The minimum atomic E-state index is -3.19. The van der Waals surface area contributed by atoms with Crippen molar-refractivity contribution < 1.29 is 22.8 Å². The van der Waals surface area contributed by atoms with Crippen molar-refractivity contribution in [3.63, 3.8) is 0 Å². The molecule has 2 rings (SSSR count). The molecule has 1 aliphatic heterocycles. The standard InChI is InChI=1S/C14H15Cl2N3O5S/c15-10-2-1-8(5-11(10)16)13(21)17-6-12(20)18-19-14(22)9-3-4-25(23,24)7-9/h1-2,5,9H,3-4,6-7H2,(H,17,21)(H,18,20)(H,19,22)/t9-/m0/s1. The summed E-state index contributed by atoms with van der Waals surface area (Å²) < 4.78 is 22.6. The number of rotatable bonds is 4. The smallest absolute Gasteiger partial charge is 0.257 e. The number of carbonyl (C=O) groups excluding carboxylic acids is 3. The summed E-state index contributed by atoms with van der Waals surface area (Å²) in [5.41, 5.74) is 4.49. The Morgan fingerprint density at radius 3 is 2.44 bits per heavy atom. The van der Waals surface area contributed by atoms with Crippen molar-refractivity contribution in [2.75, 3.05) is 18.1 Å². The number of amides is 3. The minimum Gasteiger partial charge on any atom is -0.343 e.